The lowest BCUT2D eigenvalue weighted by atomic mass is 10.0. The second-order valence-electron chi connectivity index (χ2n) is 7.47. The minimum atomic E-state index is -0.351. The highest BCUT2D eigenvalue weighted by atomic mass is 35.5. The summed E-state index contributed by atoms with van der Waals surface area (Å²) in [5.41, 5.74) is 2.43. The van der Waals surface area contributed by atoms with Gasteiger partial charge in [0.05, 0.1) is 5.69 Å². The van der Waals surface area contributed by atoms with Crippen molar-refractivity contribution in [3.63, 3.8) is 0 Å². The van der Waals surface area contributed by atoms with E-state index in [0.29, 0.717) is 16.6 Å². The van der Waals surface area contributed by atoms with Crippen LogP contribution in [0.1, 0.15) is 24.8 Å². The van der Waals surface area contributed by atoms with Crippen molar-refractivity contribution in [2.24, 2.45) is 0 Å². The van der Waals surface area contributed by atoms with Gasteiger partial charge in [0.15, 0.2) is 0 Å². The van der Waals surface area contributed by atoms with Gasteiger partial charge in [-0.15, -0.1) is 0 Å². The summed E-state index contributed by atoms with van der Waals surface area (Å²) in [5, 5.41) is 5.02. The third-order valence-electron chi connectivity index (χ3n) is 5.44. The van der Waals surface area contributed by atoms with E-state index in [2.05, 4.69) is 40.5 Å². The molecular weight excluding hydrogens is 372 g/mol. The molecule has 0 spiro atoms. The Labute approximate surface area is 170 Å². The number of hydrogen-bond acceptors (Lipinski definition) is 4. The first-order valence-electron chi connectivity index (χ1n) is 9.93. The molecule has 3 aromatic rings. The molecule has 4 nitrogen and oxygen atoms in total. The van der Waals surface area contributed by atoms with E-state index in [0.717, 1.165) is 50.0 Å². The SMILES string of the molecule is O=c1cc(NC2CCN(CCCc3ccccc3)CC2)c2ccc(Cl)cc2o1. The van der Waals surface area contributed by atoms with E-state index in [1.807, 2.05) is 12.1 Å². The maximum Gasteiger partial charge on any atom is 0.338 e. The van der Waals surface area contributed by atoms with E-state index in [1.165, 1.54) is 12.0 Å². The third kappa shape index (κ3) is 4.75. The highest BCUT2D eigenvalue weighted by Crippen LogP contribution is 2.26. The van der Waals surface area contributed by atoms with E-state index in [1.54, 1.807) is 12.1 Å². The van der Waals surface area contributed by atoms with Crippen molar-refractivity contribution in [2.75, 3.05) is 25.0 Å². The van der Waals surface area contributed by atoms with Gasteiger partial charge in [0.2, 0.25) is 0 Å². The average molecular weight is 397 g/mol. The lowest BCUT2D eigenvalue weighted by molar-refractivity contribution is 0.217. The number of hydrogen-bond donors (Lipinski definition) is 1. The number of anilines is 1. The van der Waals surface area contributed by atoms with Gasteiger partial charge in [0.1, 0.15) is 5.58 Å². The van der Waals surface area contributed by atoms with Gasteiger partial charge in [0.25, 0.3) is 0 Å². The van der Waals surface area contributed by atoms with Crippen LogP contribution in [0.2, 0.25) is 5.02 Å². The molecule has 1 saturated heterocycles. The highest BCUT2D eigenvalue weighted by molar-refractivity contribution is 6.31. The van der Waals surface area contributed by atoms with Gasteiger partial charge < -0.3 is 14.6 Å². The van der Waals surface area contributed by atoms with E-state index in [-0.39, 0.29) is 5.63 Å². The van der Waals surface area contributed by atoms with Crippen LogP contribution in [0.15, 0.2) is 63.8 Å². The zero-order chi connectivity index (χ0) is 19.3. The minimum Gasteiger partial charge on any atom is -0.423 e. The molecular formula is C23H25ClN2O2. The maximum atomic E-state index is 11.9. The molecule has 0 saturated carbocycles. The summed E-state index contributed by atoms with van der Waals surface area (Å²) < 4.78 is 5.28. The fourth-order valence-electron chi connectivity index (χ4n) is 3.93. The van der Waals surface area contributed by atoms with Crippen LogP contribution in [-0.2, 0) is 6.42 Å². The molecule has 2 aromatic carbocycles. The lowest BCUT2D eigenvalue weighted by Gasteiger charge is -2.33. The number of nitrogens with one attached hydrogen (secondary N) is 1. The molecule has 0 atom stereocenters. The summed E-state index contributed by atoms with van der Waals surface area (Å²) in [6.07, 6.45) is 4.46. The van der Waals surface area contributed by atoms with E-state index < -0.39 is 0 Å². The molecule has 1 aromatic heterocycles. The van der Waals surface area contributed by atoms with Gasteiger partial charge in [-0.1, -0.05) is 41.9 Å². The zero-order valence-electron chi connectivity index (χ0n) is 15.9. The van der Waals surface area contributed by atoms with Gasteiger partial charge in [-0.05, 0) is 49.9 Å². The Bertz CT molecular complexity index is 979. The lowest BCUT2D eigenvalue weighted by Crippen LogP contribution is -2.39. The summed E-state index contributed by atoms with van der Waals surface area (Å²) in [5.74, 6) is 0. The first-order chi connectivity index (χ1) is 13.7. The summed E-state index contributed by atoms with van der Waals surface area (Å²) in [4.78, 5) is 14.4. The molecule has 0 bridgehead atoms. The van der Waals surface area contributed by atoms with Crippen LogP contribution in [0.3, 0.4) is 0 Å². The fourth-order valence-corrected chi connectivity index (χ4v) is 4.09. The van der Waals surface area contributed by atoms with Crippen LogP contribution < -0.4 is 10.9 Å². The van der Waals surface area contributed by atoms with Gasteiger partial charge in [-0.25, -0.2) is 4.79 Å². The Kier molecular flexibility index (Phi) is 5.98. The molecule has 146 valence electrons. The van der Waals surface area contributed by atoms with Gasteiger partial charge in [0, 0.05) is 41.7 Å². The average Bonchev–Trinajstić information content (AvgIpc) is 2.69. The van der Waals surface area contributed by atoms with Gasteiger partial charge in [-0.3, -0.25) is 0 Å². The largest absolute Gasteiger partial charge is 0.423 e. The second kappa shape index (κ2) is 8.80. The first kappa shape index (κ1) is 19.0. The van der Waals surface area contributed by atoms with Crippen LogP contribution in [0.4, 0.5) is 5.69 Å². The summed E-state index contributed by atoms with van der Waals surface area (Å²) in [6.45, 7) is 3.30. The minimum absolute atomic E-state index is 0.351. The number of likely N-dealkylation sites (tertiary alicyclic amines) is 1. The number of halogens is 1. The Morgan fingerprint density at radius 3 is 2.64 bits per heavy atom. The molecule has 1 aliphatic heterocycles. The third-order valence-corrected chi connectivity index (χ3v) is 5.67. The molecule has 5 heteroatoms. The van der Waals surface area contributed by atoms with Gasteiger partial charge in [-0.2, -0.15) is 0 Å². The molecule has 0 radical (unpaired) electrons. The fraction of sp³-hybridized carbons (Fsp3) is 0.348. The monoisotopic (exact) mass is 396 g/mol. The Balaban J connectivity index is 1.31. The Morgan fingerprint density at radius 2 is 1.86 bits per heavy atom. The molecule has 1 N–H and O–H groups in total. The topological polar surface area (TPSA) is 45.5 Å². The summed E-state index contributed by atoms with van der Waals surface area (Å²) >= 11 is 6.02. The Hall–Kier alpha value is -2.30. The van der Waals surface area contributed by atoms with Crippen molar-refractivity contribution in [3.05, 3.63) is 75.6 Å². The normalized spacial score (nSPS) is 15.8. The predicted octanol–water partition coefficient (Wildman–Crippen LogP) is 4.96. The standard InChI is InChI=1S/C23H25ClN2O2/c24-18-8-9-20-21(16-23(27)28-22(20)15-18)25-19-10-13-26(14-11-19)12-4-7-17-5-2-1-3-6-17/h1-3,5-6,8-9,15-16,19,25H,4,7,10-14H2. The molecule has 0 unspecified atom stereocenters. The van der Waals surface area contributed by atoms with Crippen molar-refractivity contribution in [1.82, 2.24) is 4.90 Å². The molecule has 1 fully saturated rings. The number of aryl methyl sites for hydroxylation is 1. The smallest absolute Gasteiger partial charge is 0.338 e. The van der Waals surface area contributed by atoms with E-state index >= 15 is 0 Å². The van der Waals surface area contributed by atoms with Crippen molar-refractivity contribution >= 4 is 28.3 Å². The number of piperidine rings is 1. The predicted molar refractivity (Wildman–Crippen MR) is 115 cm³/mol. The number of benzene rings is 2. The summed E-state index contributed by atoms with van der Waals surface area (Å²) in [6, 6.07) is 18.0. The molecule has 28 heavy (non-hydrogen) atoms. The van der Waals surface area contributed by atoms with Crippen LogP contribution in [0.25, 0.3) is 11.0 Å². The number of rotatable bonds is 6. The molecule has 0 amide bonds. The Morgan fingerprint density at radius 1 is 1.07 bits per heavy atom. The number of fused-ring (bicyclic) bond motifs is 1. The highest BCUT2D eigenvalue weighted by Gasteiger charge is 2.20. The zero-order valence-corrected chi connectivity index (χ0v) is 16.6. The van der Waals surface area contributed by atoms with Crippen LogP contribution >= 0.6 is 11.6 Å². The number of nitrogens with zero attached hydrogens (tertiary/aromatic N) is 1. The van der Waals surface area contributed by atoms with Gasteiger partial charge >= 0.3 is 5.63 Å². The molecule has 0 aliphatic carbocycles. The maximum absolute atomic E-state index is 11.9. The second-order valence-corrected chi connectivity index (χ2v) is 7.91. The quantitative estimate of drug-likeness (QED) is 0.598. The van der Waals surface area contributed by atoms with Crippen LogP contribution in [-0.4, -0.2) is 30.6 Å². The van der Waals surface area contributed by atoms with Crippen molar-refractivity contribution < 1.29 is 4.42 Å². The van der Waals surface area contributed by atoms with Crippen LogP contribution in [0, 0.1) is 0 Å². The molecule has 4 rings (SSSR count). The van der Waals surface area contributed by atoms with Crippen molar-refractivity contribution in [2.45, 2.75) is 31.7 Å². The summed E-state index contributed by atoms with van der Waals surface area (Å²) in [7, 11) is 0. The van der Waals surface area contributed by atoms with E-state index in [9.17, 15) is 4.79 Å². The van der Waals surface area contributed by atoms with Crippen molar-refractivity contribution in [3.8, 4) is 0 Å². The molecule has 2 heterocycles. The van der Waals surface area contributed by atoms with E-state index in [4.69, 9.17) is 16.0 Å². The van der Waals surface area contributed by atoms with Crippen molar-refractivity contribution in [1.29, 1.82) is 0 Å². The molecule has 1 aliphatic rings. The van der Waals surface area contributed by atoms with Crippen LogP contribution in [0.5, 0.6) is 0 Å². The first-order valence-corrected chi connectivity index (χ1v) is 10.3.